The maximum Gasteiger partial charge on any atom is 0.251 e. The molecule has 0 aliphatic heterocycles. The van der Waals surface area contributed by atoms with Crippen molar-refractivity contribution in [3.63, 3.8) is 0 Å². The monoisotopic (exact) mass is 549 g/mol. The Hall–Kier alpha value is -4.29. The highest BCUT2D eigenvalue weighted by Crippen LogP contribution is 2.40. The molecule has 1 aliphatic carbocycles. The maximum absolute atomic E-state index is 13.6. The van der Waals surface area contributed by atoms with E-state index in [-0.39, 0.29) is 24.2 Å². The molecule has 0 heterocycles. The zero-order valence-corrected chi connectivity index (χ0v) is 23.1. The van der Waals surface area contributed by atoms with Crippen LogP contribution in [0.1, 0.15) is 53.1 Å². The molecule has 1 aliphatic rings. The van der Waals surface area contributed by atoms with Gasteiger partial charge in [-0.25, -0.2) is 4.39 Å². The highest BCUT2D eigenvalue weighted by molar-refractivity contribution is 5.97. The second-order valence-electron chi connectivity index (χ2n) is 10.6. The summed E-state index contributed by atoms with van der Waals surface area (Å²) < 4.78 is 13.6. The molecule has 1 saturated carbocycles. The minimum absolute atomic E-state index is 0.193. The molecule has 0 aromatic heterocycles. The molecule has 3 N–H and O–H groups in total. The summed E-state index contributed by atoms with van der Waals surface area (Å²) >= 11 is 0. The summed E-state index contributed by atoms with van der Waals surface area (Å²) in [6, 6.07) is 33.9. The van der Waals surface area contributed by atoms with Crippen molar-refractivity contribution >= 4 is 11.8 Å². The van der Waals surface area contributed by atoms with Crippen LogP contribution in [0, 0.1) is 5.82 Å². The number of carbonyl (C=O) groups is 2. The number of benzene rings is 4. The van der Waals surface area contributed by atoms with E-state index in [1.54, 1.807) is 24.3 Å². The number of amides is 2. The number of halogens is 1. The predicted octanol–water partition coefficient (Wildman–Crippen LogP) is 6.22. The highest BCUT2D eigenvalue weighted by atomic mass is 19.1. The van der Waals surface area contributed by atoms with Crippen molar-refractivity contribution in [3.05, 3.63) is 132 Å². The Bertz CT molecular complexity index is 1430. The van der Waals surface area contributed by atoms with E-state index in [1.807, 2.05) is 48.5 Å². The lowest BCUT2D eigenvalue weighted by molar-refractivity contribution is -0.123. The van der Waals surface area contributed by atoms with Crippen molar-refractivity contribution in [1.29, 1.82) is 0 Å². The van der Waals surface area contributed by atoms with Gasteiger partial charge in [-0.1, -0.05) is 84.9 Å². The molecule has 5 nitrogen and oxygen atoms in total. The SMILES string of the molecule is O=C(NC(CCCCN[C@@H]1C[C@H]1c1ccccc1)C(=O)NCc1cccc(F)c1)c1ccc(-c2ccccc2)cc1. The summed E-state index contributed by atoms with van der Waals surface area (Å²) in [5, 5.41) is 9.43. The van der Waals surface area contributed by atoms with Crippen LogP contribution in [-0.2, 0) is 11.3 Å². The van der Waals surface area contributed by atoms with Gasteiger partial charge in [-0.2, -0.15) is 0 Å². The Kier molecular flexibility index (Phi) is 9.55. The van der Waals surface area contributed by atoms with Crippen molar-refractivity contribution in [1.82, 2.24) is 16.0 Å². The van der Waals surface area contributed by atoms with Crippen molar-refractivity contribution in [3.8, 4) is 11.1 Å². The van der Waals surface area contributed by atoms with E-state index < -0.39 is 6.04 Å². The van der Waals surface area contributed by atoms with Crippen LogP contribution in [-0.4, -0.2) is 30.4 Å². The number of hydrogen-bond acceptors (Lipinski definition) is 3. The van der Waals surface area contributed by atoms with Gasteiger partial charge in [-0.3, -0.25) is 9.59 Å². The minimum atomic E-state index is -0.692. The number of hydrogen-bond donors (Lipinski definition) is 3. The maximum atomic E-state index is 13.6. The first-order chi connectivity index (χ1) is 20.1. The quantitative estimate of drug-likeness (QED) is 0.173. The molecule has 0 spiro atoms. The summed E-state index contributed by atoms with van der Waals surface area (Å²) in [4.78, 5) is 26.3. The third-order valence-corrected chi connectivity index (χ3v) is 7.58. The van der Waals surface area contributed by atoms with Gasteiger partial charge in [0.15, 0.2) is 0 Å². The van der Waals surface area contributed by atoms with Crippen LogP contribution < -0.4 is 16.0 Å². The van der Waals surface area contributed by atoms with E-state index in [9.17, 15) is 14.0 Å². The predicted molar refractivity (Wildman–Crippen MR) is 161 cm³/mol. The van der Waals surface area contributed by atoms with E-state index in [0.717, 1.165) is 36.9 Å². The first-order valence-corrected chi connectivity index (χ1v) is 14.3. The van der Waals surface area contributed by atoms with Crippen molar-refractivity contribution in [2.75, 3.05) is 6.54 Å². The van der Waals surface area contributed by atoms with Crippen molar-refractivity contribution in [2.45, 2.75) is 50.2 Å². The second-order valence-corrected chi connectivity index (χ2v) is 10.6. The fourth-order valence-corrected chi connectivity index (χ4v) is 5.16. The molecule has 4 aromatic carbocycles. The Morgan fingerprint density at radius 1 is 0.805 bits per heavy atom. The molecule has 1 unspecified atom stereocenters. The second kappa shape index (κ2) is 13.9. The molecule has 0 radical (unpaired) electrons. The number of unbranched alkanes of at least 4 members (excludes halogenated alkanes) is 1. The molecule has 210 valence electrons. The number of rotatable bonds is 13. The van der Waals surface area contributed by atoms with Crippen molar-refractivity contribution in [2.24, 2.45) is 0 Å². The normalized spacial score (nSPS) is 16.5. The van der Waals surface area contributed by atoms with Crippen LogP contribution >= 0.6 is 0 Å². The van der Waals surface area contributed by atoms with Gasteiger partial charge >= 0.3 is 0 Å². The zero-order valence-electron chi connectivity index (χ0n) is 23.1. The molecule has 0 bridgehead atoms. The Balaban J connectivity index is 1.15. The average molecular weight is 550 g/mol. The fourth-order valence-electron chi connectivity index (χ4n) is 5.16. The van der Waals surface area contributed by atoms with Gasteiger partial charge in [0.2, 0.25) is 5.91 Å². The van der Waals surface area contributed by atoms with E-state index in [2.05, 4.69) is 40.2 Å². The van der Waals surface area contributed by atoms with Crippen LogP contribution in [0.4, 0.5) is 4.39 Å². The highest BCUT2D eigenvalue weighted by Gasteiger charge is 2.37. The molecule has 6 heteroatoms. The Morgan fingerprint density at radius 3 is 2.24 bits per heavy atom. The van der Waals surface area contributed by atoms with Crippen LogP contribution in [0.3, 0.4) is 0 Å². The van der Waals surface area contributed by atoms with Gasteiger partial charge in [-0.15, -0.1) is 0 Å². The summed E-state index contributed by atoms with van der Waals surface area (Å²) in [7, 11) is 0. The van der Waals surface area contributed by atoms with Crippen LogP contribution in [0.15, 0.2) is 109 Å². The van der Waals surface area contributed by atoms with Crippen molar-refractivity contribution < 1.29 is 14.0 Å². The first kappa shape index (κ1) is 28.2. The lowest BCUT2D eigenvalue weighted by atomic mass is 10.0. The fraction of sp³-hybridized carbons (Fsp3) is 0.257. The topological polar surface area (TPSA) is 70.2 Å². The summed E-state index contributed by atoms with van der Waals surface area (Å²) in [6.07, 6.45) is 3.33. The van der Waals surface area contributed by atoms with E-state index in [1.165, 1.54) is 17.7 Å². The largest absolute Gasteiger partial charge is 0.350 e. The molecular formula is C35H36FN3O2. The molecule has 0 saturated heterocycles. The van der Waals surface area contributed by atoms with Gasteiger partial charge < -0.3 is 16.0 Å². The Labute approximate surface area is 241 Å². The van der Waals surface area contributed by atoms with Gasteiger partial charge in [0.1, 0.15) is 11.9 Å². The van der Waals surface area contributed by atoms with Gasteiger partial charge in [0, 0.05) is 24.1 Å². The van der Waals surface area contributed by atoms with Crippen LogP contribution in [0.2, 0.25) is 0 Å². The molecule has 1 fully saturated rings. The lowest BCUT2D eigenvalue weighted by Gasteiger charge is -2.19. The summed E-state index contributed by atoms with van der Waals surface area (Å²) in [5.41, 5.74) is 4.63. The van der Waals surface area contributed by atoms with E-state index in [0.29, 0.717) is 29.5 Å². The standard InChI is InChI=1S/C35H36FN3O2/c36-30-15-9-10-25(22-30)24-38-35(41)32(16-7-8-21-37-33-23-31(33)28-13-5-2-6-14-28)39-34(40)29-19-17-27(18-20-29)26-11-3-1-4-12-26/h1-6,9-15,17-20,22,31-33,37H,7-8,16,21,23-24H2,(H,38,41)(H,39,40)/t31-,32?,33+/m0/s1. The molecule has 3 atom stereocenters. The smallest absolute Gasteiger partial charge is 0.251 e. The Morgan fingerprint density at radius 2 is 1.51 bits per heavy atom. The third kappa shape index (κ3) is 8.12. The molecule has 41 heavy (non-hydrogen) atoms. The minimum Gasteiger partial charge on any atom is -0.350 e. The lowest BCUT2D eigenvalue weighted by Crippen LogP contribution is -2.46. The number of carbonyl (C=O) groups excluding carboxylic acids is 2. The number of nitrogens with one attached hydrogen (secondary N) is 3. The first-order valence-electron chi connectivity index (χ1n) is 14.3. The van der Waals surface area contributed by atoms with Crippen LogP contribution in [0.25, 0.3) is 11.1 Å². The van der Waals surface area contributed by atoms with Gasteiger partial charge in [-0.05, 0) is 78.7 Å². The summed E-state index contributed by atoms with van der Waals surface area (Å²) in [5.74, 6) is -0.344. The zero-order chi connectivity index (χ0) is 28.4. The average Bonchev–Trinajstić information content (AvgIpc) is 3.80. The molecule has 5 rings (SSSR count). The summed E-state index contributed by atoms with van der Waals surface area (Å²) in [6.45, 7) is 1.05. The van der Waals surface area contributed by atoms with Crippen LogP contribution in [0.5, 0.6) is 0 Å². The van der Waals surface area contributed by atoms with E-state index >= 15 is 0 Å². The molecule has 2 amide bonds. The third-order valence-electron chi connectivity index (χ3n) is 7.58. The van der Waals surface area contributed by atoms with Gasteiger partial charge in [0.25, 0.3) is 5.91 Å². The van der Waals surface area contributed by atoms with E-state index in [4.69, 9.17) is 0 Å². The molecular weight excluding hydrogens is 513 g/mol. The van der Waals surface area contributed by atoms with Gasteiger partial charge in [0.05, 0.1) is 0 Å². The molecule has 4 aromatic rings.